The molecule has 21 heavy (non-hydrogen) atoms. The normalized spacial score (nSPS) is 10.1. The highest BCUT2D eigenvalue weighted by atomic mass is 16.6. The molecule has 1 heterocycles. The summed E-state index contributed by atoms with van der Waals surface area (Å²) in [7, 11) is 0. The van der Waals surface area contributed by atoms with E-state index in [4.69, 9.17) is 9.84 Å². The van der Waals surface area contributed by atoms with Gasteiger partial charge < -0.3 is 9.84 Å². The number of aromatic nitrogens is 1. The van der Waals surface area contributed by atoms with Crippen LogP contribution in [0.25, 0.3) is 0 Å². The zero-order valence-electron chi connectivity index (χ0n) is 11.1. The molecule has 7 heteroatoms. The lowest BCUT2D eigenvalue weighted by Gasteiger charge is -2.10. The van der Waals surface area contributed by atoms with Gasteiger partial charge >= 0.3 is 5.97 Å². The van der Waals surface area contributed by atoms with Gasteiger partial charge in [-0.05, 0) is 13.0 Å². The second kappa shape index (κ2) is 6.00. The van der Waals surface area contributed by atoms with Gasteiger partial charge in [-0.1, -0.05) is 18.2 Å². The van der Waals surface area contributed by atoms with Crippen LogP contribution in [-0.4, -0.2) is 21.0 Å². The lowest BCUT2D eigenvalue weighted by molar-refractivity contribution is -0.385. The van der Waals surface area contributed by atoms with Gasteiger partial charge in [-0.3, -0.25) is 14.9 Å². The average Bonchev–Trinajstić information content (AvgIpc) is 2.42. The third kappa shape index (κ3) is 3.53. The van der Waals surface area contributed by atoms with Crippen LogP contribution in [0.1, 0.15) is 11.1 Å². The summed E-state index contributed by atoms with van der Waals surface area (Å²) in [6.07, 6.45) is 0.921. The number of hydrogen-bond acceptors (Lipinski definition) is 5. The summed E-state index contributed by atoms with van der Waals surface area (Å²) in [6.45, 7) is 1.63. The van der Waals surface area contributed by atoms with Gasteiger partial charge in [0.1, 0.15) is 11.9 Å². The molecule has 0 aliphatic rings. The first kappa shape index (κ1) is 14.4. The maximum absolute atomic E-state index is 10.8. The highest BCUT2D eigenvalue weighted by Gasteiger charge is 2.13. The summed E-state index contributed by atoms with van der Waals surface area (Å²) in [5.74, 6) is -0.401. The van der Waals surface area contributed by atoms with Crippen LogP contribution in [0.5, 0.6) is 11.6 Å². The van der Waals surface area contributed by atoms with Crippen LogP contribution in [0, 0.1) is 17.0 Å². The Balaban J connectivity index is 2.30. The molecule has 1 aromatic heterocycles. The van der Waals surface area contributed by atoms with E-state index in [2.05, 4.69) is 4.98 Å². The molecule has 2 rings (SSSR count). The van der Waals surface area contributed by atoms with Crippen molar-refractivity contribution in [2.75, 3.05) is 0 Å². The molecule has 1 N–H and O–H groups in total. The summed E-state index contributed by atoms with van der Waals surface area (Å²) in [6, 6.07) is 8.04. The number of nitrogens with zero attached hydrogens (tertiary/aromatic N) is 2. The molecule has 2 aromatic rings. The Morgan fingerprint density at radius 3 is 2.76 bits per heavy atom. The molecule has 0 radical (unpaired) electrons. The summed E-state index contributed by atoms with van der Waals surface area (Å²) in [5, 5.41) is 19.5. The molecule has 108 valence electrons. The van der Waals surface area contributed by atoms with Crippen molar-refractivity contribution in [1.29, 1.82) is 0 Å². The molecule has 0 aliphatic carbocycles. The van der Waals surface area contributed by atoms with E-state index in [1.54, 1.807) is 31.2 Å². The molecule has 0 atom stereocenters. The number of carboxylic acid groups (broad SMARTS) is 1. The third-order valence-electron chi connectivity index (χ3n) is 2.75. The molecule has 1 aromatic carbocycles. The number of pyridine rings is 1. The number of rotatable bonds is 5. The van der Waals surface area contributed by atoms with Crippen molar-refractivity contribution in [3.63, 3.8) is 0 Å². The molecule has 7 nitrogen and oxygen atoms in total. The molecule has 0 saturated heterocycles. The van der Waals surface area contributed by atoms with Crippen molar-refractivity contribution in [1.82, 2.24) is 4.98 Å². The fourth-order valence-electron chi connectivity index (χ4n) is 1.77. The summed E-state index contributed by atoms with van der Waals surface area (Å²) < 4.78 is 5.58. The summed E-state index contributed by atoms with van der Waals surface area (Å²) in [5.41, 5.74) is 0.873. The first-order chi connectivity index (χ1) is 9.97. The van der Waals surface area contributed by atoms with E-state index in [-0.39, 0.29) is 18.0 Å². The van der Waals surface area contributed by atoms with E-state index in [0.717, 1.165) is 6.20 Å². The first-order valence-corrected chi connectivity index (χ1v) is 6.06. The molecule has 0 amide bonds. The molecule has 0 spiro atoms. The molecular weight excluding hydrogens is 276 g/mol. The lowest BCUT2D eigenvalue weighted by atomic mass is 10.1. The van der Waals surface area contributed by atoms with Gasteiger partial charge in [-0.2, -0.15) is 0 Å². The molecule has 0 fully saturated rings. The average molecular weight is 288 g/mol. The van der Waals surface area contributed by atoms with Gasteiger partial charge in [0.05, 0.1) is 11.3 Å². The van der Waals surface area contributed by atoms with E-state index in [1.165, 1.54) is 6.07 Å². The third-order valence-corrected chi connectivity index (χ3v) is 2.75. The fraction of sp³-hybridized carbons (Fsp3) is 0.143. The molecular formula is C14H12N2O5. The Morgan fingerprint density at radius 2 is 2.14 bits per heavy atom. The quantitative estimate of drug-likeness (QED) is 0.670. The second-order valence-electron chi connectivity index (χ2n) is 4.35. The minimum Gasteiger partial charge on any atom is -0.481 e. The van der Waals surface area contributed by atoms with E-state index >= 15 is 0 Å². The number of aliphatic carboxylic acids is 1. The molecule has 0 unspecified atom stereocenters. The van der Waals surface area contributed by atoms with Crippen molar-refractivity contribution in [2.45, 2.75) is 13.3 Å². The minimum absolute atomic E-state index is 0.126. The predicted octanol–water partition coefficient (Wildman–Crippen LogP) is 2.72. The summed E-state index contributed by atoms with van der Waals surface area (Å²) >= 11 is 0. The van der Waals surface area contributed by atoms with E-state index in [1.807, 2.05) is 0 Å². The lowest BCUT2D eigenvalue weighted by Crippen LogP contribution is -2.02. The molecule has 0 bridgehead atoms. The van der Waals surface area contributed by atoms with Crippen LogP contribution >= 0.6 is 0 Å². The number of carboxylic acids is 1. The Labute approximate surface area is 120 Å². The number of nitro groups is 1. The number of benzene rings is 1. The smallest absolute Gasteiger partial charge is 0.307 e. The van der Waals surface area contributed by atoms with Crippen molar-refractivity contribution >= 4 is 11.7 Å². The van der Waals surface area contributed by atoms with Crippen LogP contribution in [-0.2, 0) is 11.2 Å². The van der Waals surface area contributed by atoms with Crippen molar-refractivity contribution < 1.29 is 19.6 Å². The second-order valence-corrected chi connectivity index (χ2v) is 4.35. The predicted molar refractivity (Wildman–Crippen MR) is 73.5 cm³/mol. The number of hydrogen-bond donors (Lipinski definition) is 1. The van der Waals surface area contributed by atoms with Crippen molar-refractivity contribution in [2.24, 2.45) is 0 Å². The standard InChI is InChI=1S/C14H12N2O5/c1-9-6-11(16(19)20)8-15-14(9)21-12-5-3-2-4-10(12)7-13(17)18/h2-6,8H,7H2,1H3,(H,17,18). The van der Waals surface area contributed by atoms with Crippen molar-refractivity contribution in [3.8, 4) is 11.6 Å². The SMILES string of the molecule is Cc1cc([N+](=O)[O-])cnc1Oc1ccccc1CC(=O)O. The van der Waals surface area contributed by atoms with E-state index in [0.29, 0.717) is 16.9 Å². The summed E-state index contributed by atoms with van der Waals surface area (Å²) in [4.78, 5) is 24.8. The zero-order chi connectivity index (χ0) is 15.4. The van der Waals surface area contributed by atoms with Crippen LogP contribution < -0.4 is 4.74 Å². The minimum atomic E-state index is -0.973. The van der Waals surface area contributed by atoms with Crippen LogP contribution in [0.4, 0.5) is 5.69 Å². The number of para-hydroxylation sites is 1. The van der Waals surface area contributed by atoms with Crippen molar-refractivity contribution in [3.05, 3.63) is 57.8 Å². The topological polar surface area (TPSA) is 103 Å². The van der Waals surface area contributed by atoms with Gasteiger partial charge in [0.2, 0.25) is 5.88 Å². The number of ether oxygens (including phenoxy) is 1. The van der Waals surface area contributed by atoms with Crippen LogP contribution in [0.15, 0.2) is 36.5 Å². The largest absolute Gasteiger partial charge is 0.481 e. The Bertz CT molecular complexity index is 700. The van der Waals surface area contributed by atoms with E-state index in [9.17, 15) is 14.9 Å². The van der Waals surface area contributed by atoms with Gasteiger partial charge in [0.25, 0.3) is 5.69 Å². The Morgan fingerprint density at radius 1 is 1.43 bits per heavy atom. The van der Waals surface area contributed by atoms with Crippen LogP contribution in [0.3, 0.4) is 0 Å². The number of aryl methyl sites for hydroxylation is 1. The Kier molecular flexibility index (Phi) is 4.13. The highest BCUT2D eigenvalue weighted by molar-refractivity contribution is 5.71. The van der Waals surface area contributed by atoms with Gasteiger partial charge in [-0.15, -0.1) is 0 Å². The monoisotopic (exact) mass is 288 g/mol. The van der Waals surface area contributed by atoms with Gasteiger partial charge in [0, 0.05) is 17.2 Å². The number of carbonyl (C=O) groups is 1. The van der Waals surface area contributed by atoms with E-state index < -0.39 is 10.9 Å². The maximum atomic E-state index is 10.8. The highest BCUT2D eigenvalue weighted by Crippen LogP contribution is 2.28. The Hall–Kier alpha value is -2.96. The maximum Gasteiger partial charge on any atom is 0.307 e. The zero-order valence-corrected chi connectivity index (χ0v) is 11.1. The molecule has 0 saturated carbocycles. The first-order valence-electron chi connectivity index (χ1n) is 6.06. The molecule has 0 aliphatic heterocycles. The van der Waals surface area contributed by atoms with Gasteiger partial charge in [-0.25, -0.2) is 4.98 Å². The van der Waals surface area contributed by atoms with Crippen LogP contribution in [0.2, 0.25) is 0 Å². The van der Waals surface area contributed by atoms with Gasteiger partial charge in [0.15, 0.2) is 0 Å². The fourth-order valence-corrected chi connectivity index (χ4v) is 1.77.